The number of sulfone groups is 1. The Kier molecular flexibility index (Phi) is 9.53. The molecule has 0 aliphatic carbocycles. The largest absolute Gasteiger partial charge is 0.265 e. The Balaban J connectivity index is 0.991. The van der Waals surface area contributed by atoms with Gasteiger partial charge in [-0.15, -0.1) is 22.7 Å². The number of hydrogen-bond acceptors (Lipinski definition) is 8. The quantitative estimate of drug-likeness (QED) is 0.138. The van der Waals surface area contributed by atoms with Crippen LogP contribution in [-0.4, -0.2) is 28.4 Å². The third kappa shape index (κ3) is 7.73. The van der Waals surface area contributed by atoms with E-state index in [1.54, 1.807) is 49.1 Å². The number of halogens is 2. The Labute approximate surface area is 313 Å². The third-order valence-electron chi connectivity index (χ3n) is 8.55. The summed E-state index contributed by atoms with van der Waals surface area (Å²) in [4.78, 5) is 20.0. The van der Waals surface area contributed by atoms with Crippen molar-refractivity contribution in [2.24, 2.45) is 0 Å². The van der Waals surface area contributed by atoms with Crippen LogP contribution < -0.4 is 0 Å². The summed E-state index contributed by atoms with van der Waals surface area (Å²) in [6, 6.07) is 35.0. The van der Waals surface area contributed by atoms with Gasteiger partial charge in [0.15, 0.2) is 9.84 Å². The normalized spacial score (nSPS) is 11.5. The lowest BCUT2D eigenvalue weighted by molar-refractivity contribution is 0.594. The molecule has 0 fully saturated rings. The van der Waals surface area contributed by atoms with Gasteiger partial charge in [0.2, 0.25) is 0 Å². The second-order valence-electron chi connectivity index (χ2n) is 12.3. The Morgan fingerprint density at radius 3 is 1.13 bits per heavy atom. The number of pyridine rings is 2. The van der Waals surface area contributed by atoms with Crippen molar-refractivity contribution in [3.05, 3.63) is 169 Å². The molecule has 0 saturated heterocycles. The summed E-state index contributed by atoms with van der Waals surface area (Å²) >= 11 is 3.03. The summed E-state index contributed by atoms with van der Waals surface area (Å²) in [7, 11) is -3.50. The van der Waals surface area contributed by atoms with Crippen LogP contribution in [0, 0.1) is 11.6 Å². The molecule has 0 radical (unpaired) electrons. The molecule has 260 valence electrons. The van der Waals surface area contributed by atoms with Crippen LogP contribution in [0.3, 0.4) is 0 Å². The van der Waals surface area contributed by atoms with Crippen LogP contribution in [0.15, 0.2) is 146 Å². The van der Waals surface area contributed by atoms with E-state index >= 15 is 0 Å². The Morgan fingerprint density at radius 2 is 0.774 bits per heavy atom. The van der Waals surface area contributed by atoms with Crippen LogP contribution in [0.1, 0.15) is 11.1 Å². The van der Waals surface area contributed by atoms with E-state index in [-0.39, 0.29) is 23.1 Å². The molecule has 0 N–H and O–H groups in total. The Bertz CT molecular complexity index is 2430. The Hall–Kier alpha value is -5.75. The average Bonchev–Trinajstić information content (AvgIpc) is 3.83. The SMILES string of the molecule is O=S(=O)(Cc1ccc(-c2nc(-c3ccc(F)cc3)c(-c3ccncc3)s2)cc1)Cc1ccc(-c2nc(-c3ccc(F)cc3)c(-c3ccncc3)s2)cc1. The van der Waals surface area contributed by atoms with E-state index in [2.05, 4.69) is 9.97 Å². The van der Waals surface area contributed by atoms with Gasteiger partial charge in [0.05, 0.1) is 32.6 Å². The number of hydrogen-bond donors (Lipinski definition) is 0. The minimum atomic E-state index is -3.50. The molecule has 0 saturated carbocycles. The standard InChI is InChI=1S/C42H28F2N4O2S3/c43-35-13-9-29(10-14-35)37-39(31-17-21-45-22-18-31)51-41(47-37)33-5-1-27(2-6-33)25-53(49,50)26-28-3-7-34(8-4-28)42-48-38(30-11-15-36(44)16-12-30)40(52-42)32-19-23-46-24-20-32/h1-24H,25-26H2. The summed E-state index contributed by atoms with van der Waals surface area (Å²) in [5.74, 6) is -0.860. The molecule has 0 bridgehead atoms. The molecular weight excluding hydrogens is 727 g/mol. The van der Waals surface area contributed by atoms with E-state index in [1.807, 2.05) is 72.8 Å². The molecule has 53 heavy (non-hydrogen) atoms. The first-order chi connectivity index (χ1) is 25.8. The highest BCUT2D eigenvalue weighted by Gasteiger charge is 2.19. The highest BCUT2D eigenvalue weighted by Crippen LogP contribution is 2.42. The van der Waals surface area contributed by atoms with Gasteiger partial charge < -0.3 is 0 Å². The smallest absolute Gasteiger partial charge is 0.158 e. The molecule has 8 aromatic rings. The van der Waals surface area contributed by atoms with Gasteiger partial charge in [-0.05, 0) is 95.1 Å². The lowest BCUT2D eigenvalue weighted by Crippen LogP contribution is -2.07. The monoisotopic (exact) mass is 754 g/mol. The van der Waals surface area contributed by atoms with Gasteiger partial charge in [-0.2, -0.15) is 0 Å². The first kappa shape index (κ1) is 34.3. The zero-order valence-electron chi connectivity index (χ0n) is 27.9. The maximum Gasteiger partial charge on any atom is 0.158 e. The molecular formula is C42H28F2N4O2S3. The van der Waals surface area contributed by atoms with Gasteiger partial charge in [-0.25, -0.2) is 27.2 Å². The van der Waals surface area contributed by atoms with Crippen molar-refractivity contribution < 1.29 is 17.2 Å². The molecule has 0 unspecified atom stereocenters. The van der Waals surface area contributed by atoms with E-state index in [1.165, 1.54) is 46.9 Å². The van der Waals surface area contributed by atoms with E-state index < -0.39 is 9.84 Å². The molecule has 0 amide bonds. The van der Waals surface area contributed by atoms with Crippen molar-refractivity contribution in [3.8, 4) is 64.5 Å². The van der Waals surface area contributed by atoms with Gasteiger partial charge in [-0.1, -0.05) is 48.5 Å². The second-order valence-corrected chi connectivity index (χ2v) is 16.4. The zero-order chi connectivity index (χ0) is 36.4. The topological polar surface area (TPSA) is 85.7 Å². The number of aromatic nitrogens is 4. The number of thiazole rings is 2. The summed E-state index contributed by atoms with van der Waals surface area (Å²) in [6.45, 7) is 0. The van der Waals surface area contributed by atoms with Gasteiger partial charge in [0.1, 0.15) is 21.6 Å². The molecule has 0 aliphatic rings. The van der Waals surface area contributed by atoms with E-state index in [9.17, 15) is 17.2 Å². The number of benzene rings is 4. The third-order valence-corrected chi connectivity index (χ3v) is 12.4. The fourth-order valence-corrected chi connectivity index (χ4v) is 9.64. The molecule has 4 aromatic heterocycles. The van der Waals surface area contributed by atoms with Crippen LogP contribution in [0.25, 0.3) is 64.5 Å². The molecule has 0 spiro atoms. The van der Waals surface area contributed by atoms with Gasteiger partial charge in [0, 0.05) is 47.0 Å². The van der Waals surface area contributed by atoms with E-state index in [0.29, 0.717) is 11.1 Å². The summed E-state index contributed by atoms with van der Waals surface area (Å²) in [5.41, 5.74) is 8.05. The minimum Gasteiger partial charge on any atom is -0.265 e. The lowest BCUT2D eigenvalue weighted by atomic mass is 10.1. The highest BCUT2D eigenvalue weighted by molar-refractivity contribution is 7.89. The van der Waals surface area contributed by atoms with E-state index in [0.717, 1.165) is 64.5 Å². The number of rotatable bonds is 10. The van der Waals surface area contributed by atoms with Crippen LogP contribution in [0.2, 0.25) is 0 Å². The van der Waals surface area contributed by atoms with Gasteiger partial charge >= 0.3 is 0 Å². The Morgan fingerprint density at radius 1 is 0.434 bits per heavy atom. The maximum absolute atomic E-state index is 13.7. The fourth-order valence-electron chi connectivity index (χ4n) is 5.94. The molecule has 6 nitrogen and oxygen atoms in total. The summed E-state index contributed by atoms with van der Waals surface area (Å²) in [5, 5.41) is 1.53. The predicted octanol–water partition coefficient (Wildman–Crippen LogP) is 10.8. The van der Waals surface area contributed by atoms with Crippen LogP contribution >= 0.6 is 22.7 Å². The van der Waals surface area contributed by atoms with Crippen molar-refractivity contribution >= 4 is 32.5 Å². The fraction of sp³-hybridized carbons (Fsp3) is 0.0476. The first-order valence-electron chi connectivity index (χ1n) is 16.5. The first-order valence-corrected chi connectivity index (χ1v) is 20.0. The maximum atomic E-state index is 13.7. The van der Waals surface area contributed by atoms with Gasteiger partial charge in [0.25, 0.3) is 0 Å². The van der Waals surface area contributed by atoms with Gasteiger partial charge in [-0.3, -0.25) is 9.97 Å². The molecule has 11 heteroatoms. The molecule has 0 aliphatic heterocycles. The molecule has 8 rings (SSSR count). The van der Waals surface area contributed by atoms with Crippen molar-refractivity contribution in [2.75, 3.05) is 0 Å². The van der Waals surface area contributed by atoms with Crippen LogP contribution in [-0.2, 0) is 21.3 Å². The second kappa shape index (κ2) is 14.7. The summed E-state index contributed by atoms with van der Waals surface area (Å²) in [6.07, 6.45) is 6.89. The lowest BCUT2D eigenvalue weighted by Gasteiger charge is -2.07. The van der Waals surface area contributed by atoms with E-state index in [4.69, 9.17) is 9.97 Å². The van der Waals surface area contributed by atoms with Crippen LogP contribution in [0.5, 0.6) is 0 Å². The predicted molar refractivity (Wildman–Crippen MR) is 209 cm³/mol. The van der Waals surface area contributed by atoms with Crippen LogP contribution in [0.4, 0.5) is 8.78 Å². The summed E-state index contributed by atoms with van der Waals surface area (Å²) < 4.78 is 54.1. The highest BCUT2D eigenvalue weighted by atomic mass is 32.2. The minimum absolute atomic E-state index is 0.112. The van der Waals surface area contributed by atoms with Crippen molar-refractivity contribution in [3.63, 3.8) is 0 Å². The zero-order valence-corrected chi connectivity index (χ0v) is 30.3. The molecule has 0 atom stereocenters. The molecule has 4 aromatic carbocycles. The number of nitrogens with zero attached hydrogens (tertiary/aromatic N) is 4. The molecule has 4 heterocycles. The van der Waals surface area contributed by atoms with Crippen molar-refractivity contribution in [2.45, 2.75) is 11.5 Å². The van der Waals surface area contributed by atoms with Crippen molar-refractivity contribution in [1.29, 1.82) is 0 Å². The van der Waals surface area contributed by atoms with Crippen molar-refractivity contribution in [1.82, 2.24) is 19.9 Å². The average molecular weight is 755 g/mol.